The molecule has 6 aromatic heterocycles. The van der Waals surface area contributed by atoms with Crippen LogP contribution < -0.4 is 0 Å². The van der Waals surface area contributed by atoms with E-state index in [1.54, 1.807) is 0 Å². The first-order chi connectivity index (χ1) is 44.3. The van der Waals surface area contributed by atoms with Gasteiger partial charge < -0.3 is 14.8 Å². The molecule has 466 valence electrons. The molecule has 0 radical (unpaired) electrons. The SMILES string of the molecule is CCCCCCC1(CCCCCC)c2ccc(-c3[c-]c4c(cc3)c3ccccc3n4-c3ccccn3)nc2-c2c(O)cccc21.CCCCCCC1(CCCCCC)c2ccc(-c3ccc4c5ccccc5n(-c5ccccn5)c4c3)nc2-c2c(O)cccc21.[Pt]. The van der Waals surface area contributed by atoms with E-state index in [1.165, 1.54) is 141 Å². The van der Waals surface area contributed by atoms with E-state index in [-0.39, 0.29) is 31.9 Å². The Morgan fingerprint density at radius 2 is 0.835 bits per heavy atom. The van der Waals surface area contributed by atoms with Crippen molar-refractivity contribution in [2.75, 3.05) is 0 Å². The number of aromatic hydroxyl groups is 2. The number of fused-ring (bicyclic) bond motifs is 12. The van der Waals surface area contributed by atoms with E-state index < -0.39 is 0 Å². The van der Waals surface area contributed by atoms with Gasteiger partial charge in [0.25, 0.3) is 0 Å². The Labute approximate surface area is 552 Å². The van der Waals surface area contributed by atoms with Gasteiger partial charge in [0.05, 0.1) is 28.1 Å². The Kier molecular flexibility index (Phi) is 19.5. The van der Waals surface area contributed by atoms with Crippen molar-refractivity contribution in [3.8, 4) is 68.2 Å². The molecule has 12 aromatic rings. The number of hydrogen-bond donors (Lipinski definition) is 2. The van der Waals surface area contributed by atoms with Gasteiger partial charge in [-0.25, -0.2) is 15.0 Å². The molecule has 2 aliphatic carbocycles. The summed E-state index contributed by atoms with van der Waals surface area (Å²) in [4.78, 5) is 20.2. The van der Waals surface area contributed by atoms with Gasteiger partial charge in [-0.1, -0.05) is 239 Å². The minimum atomic E-state index is -0.116. The van der Waals surface area contributed by atoms with Crippen molar-refractivity contribution in [2.45, 2.75) is 167 Å². The molecule has 0 spiro atoms. The zero-order chi connectivity index (χ0) is 61.6. The van der Waals surface area contributed by atoms with Crippen molar-refractivity contribution in [1.29, 1.82) is 0 Å². The third-order valence-corrected chi connectivity index (χ3v) is 19.8. The van der Waals surface area contributed by atoms with Gasteiger partial charge >= 0.3 is 0 Å². The standard InChI is InChI=1S/C41H43N3O.C41H42N3O.Pt/c2*1-3-5-7-12-25-41(26-13-8-6-4-2)32-17-15-19-37(45)39(32)40-33(41)23-24-34(43-40)29-21-22-31-30-16-9-10-18-35(30)44(36(31)28-29)38-20-11-14-27-42-38;/h9-11,14-24,27-28,45H,3-8,12-13,25-26H2,1-2H3;9-11,14-24,27,45H,3-8,12-13,25-26H2,1-2H3;/q;-1;. The van der Waals surface area contributed by atoms with E-state index >= 15 is 0 Å². The third kappa shape index (κ3) is 11.8. The number of benzene rings is 6. The number of rotatable bonds is 24. The number of phenolic OH excluding ortho intramolecular Hbond substituents is 2. The average Bonchev–Trinajstić information content (AvgIpc) is 1.59. The topological polar surface area (TPSA) is 102 Å². The van der Waals surface area contributed by atoms with E-state index in [0.29, 0.717) is 11.5 Å². The van der Waals surface area contributed by atoms with Gasteiger partial charge in [-0.15, -0.1) is 23.8 Å². The fourth-order valence-electron chi connectivity index (χ4n) is 15.4. The molecule has 14 rings (SSSR count). The van der Waals surface area contributed by atoms with Crippen LogP contribution in [0, 0.1) is 6.07 Å². The largest absolute Gasteiger partial charge is 0.507 e. The molecule has 2 aliphatic rings. The molecule has 9 heteroatoms. The third-order valence-electron chi connectivity index (χ3n) is 19.8. The van der Waals surface area contributed by atoms with Crippen LogP contribution in [0.4, 0.5) is 0 Å². The summed E-state index contributed by atoms with van der Waals surface area (Å²) in [7, 11) is 0. The summed E-state index contributed by atoms with van der Waals surface area (Å²) in [5.74, 6) is 2.44. The molecule has 0 amide bonds. The Balaban J connectivity index is 0.000000174. The van der Waals surface area contributed by atoms with E-state index in [4.69, 9.17) is 19.9 Å². The second-order valence-electron chi connectivity index (χ2n) is 25.4. The Hall–Kier alpha value is -8.19. The number of phenols is 2. The van der Waals surface area contributed by atoms with Gasteiger partial charge in [-0.3, -0.25) is 9.55 Å². The summed E-state index contributed by atoms with van der Waals surface area (Å²) < 4.78 is 4.45. The van der Waals surface area contributed by atoms with Crippen molar-refractivity contribution in [2.24, 2.45) is 0 Å². The Morgan fingerprint density at radius 3 is 1.35 bits per heavy atom. The summed E-state index contributed by atoms with van der Waals surface area (Å²) in [5.41, 5.74) is 16.7. The van der Waals surface area contributed by atoms with Crippen molar-refractivity contribution >= 4 is 43.6 Å². The minimum Gasteiger partial charge on any atom is -0.507 e. The molecule has 6 heterocycles. The number of nitrogens with zero attached hydrogens (tertiary/aromatic N) is 6. The maximum absolute atomic E-state index is 11.3. The van der Waals surface area contributed by atoms with Crippen LogP contribution in [0.1, 0.15) is 178 Å². The predicted octanol–water partition coefficient (Wildman–Crippen LogP) is 22.1. The number of hydrogen-bond acceptors (Lipinski definition) is 6. The maximum atomic E-state index is 11.3. The zero-order valence-corrected chi connectivity index (χ0v) is 55.7. The summed E-state index contributed by atoms with van der Waals surface area (Å²) in [6.45, 7) is 9.09. The zero-order valence-electron chi connectivity index (χ0n) is 53.4. The number of pyridine rings is 4. The normalized spacial score (nSPS) is 13.2. The van der Waals surface area contributed by atoms with Crippen LogP contribution in [0.2, 0.25) is 0 Å². The van der Waals surface area contributed by atoms with Crippen molar-refractivity contribution in [3.63, 3.8) is 0 Å². The molecule has 0 saturated heterocycles. The first-order valence-corrected chi connectivity index (χ1v) is 33.8. The van der Waals surface area contributed by atoms with Crippen molar-refractivity contribution in [3.05, 3.63) is 217 Å². The Bertz CT molecular complexity index is 4180. The maximum Gasteiger partial charge on any atom is 0.137 e. The van der Waals surface area contributed by atoms with Crippen LogP contribution in [0.3, 0.4) is 0 Å². The monoisotopic (exact) mass is 1380 g/mol. The van der Waals surface area contributed by atoms with Crippen LogP contribution in [0.15, 0.2) is 188 Å². The first-order valence-electron chi connectivity index (χ1n) is 33.8. The van der Waals surface area contributed by atoms with E-state index in [9.17, 15) is 10.2 Å². The molecule has 6 aromatic carbocycles. The summed E-state index contributed by atoms with van der Waals surface area (Å²) in [6, 6.07) is 65.0. The fourth-order valence-corrected chi connectivity index (χ4v) is 15.4. The van der Waals surface area contributed by atoms with Gasteiger partial charge in [-0.05, 0) is 125 Å². The van der Waals surface area contributed by atoms with Gasteiger partial charge in [0.2, 0.25) is 0 Å². The van der Waals surface area contributed by atoms with E-state index in [2.05, 4.69) is 164 Å². The molecule has 0 unspecified atom stereocenters. The molecule has 0 saturated carbocycles. The second-order valence-corrected chi connectivity index (χ2v) is 25.4. The van der Waals surface area contributed by atoms with E-state index in [0.717, 1.165) is 110 Å². The summed E-state index contributed by atoms with van der Waals surface area (Å²) in [6.07, 6.45) is 27.7. The van der Waals surface area contributed by atoms with E-state index in [1.807, 2.05) is 67.0 Å². The van der Waals surface area contributed by atoms with Crippen LogP contribution in [0.25, 0.3) is 100 Å². The molecule has 0 atom stereocenters. The quantitative estimate of drug-likeness (QED) is 0.0462. The molecular formula is C82H85N6O2Pt-. The van der Waals surface area contributed by atoms with Gasteiger partial charge in [0.1, 0.15) is 23.1 Å². The van der Waals surface area contributed by atoms with Crippen molar-refractivity contribution in [1.82, 2.24) is 29.1 Å². The van der Waals surface area contributed by atoms with Gasteiger partial charge in [0.15, 0.2) is 0 Å². The van der Waals surface area contributed by atoms with Gasteiger partial charge in [0, 0.05) is 77.3 Å². The smallest absolute Gasteiger partial charge is 0.137 e. The van der Waals surface area contributed by atoms with Crippen LogP contribution in [-0.4, -0.2) is 39.3 Å². The number of aromatic nitrogens is 6. The molecule has 8 nitrogen and oxygen atoms in total. The first kappa shape index (κ1) is 63.0. The second kappa shape index (κ2) is 28.1. The van der Waals surface area contributed by atoms with Crippen LogP contribution >= 0.6 is 0 Å². The predicted molar refractivity (Wildman–Crippen MR) is 373 cm³/mol. The number of unbranched alkanes of at least 4 members (excludes halogenated alkanes) is 12. The molecule has 0 fully saturated rings. The van der Waals surface area contributed by atoms with Crippen molar-refractivity contribution < 1.29 is 31.3 Å². The molecule has 0 bridgehead atoms. The van der Waals surface area contributed by atoms with Gasteiger partial charge in [-0.2, -0.15) is 0 Å². The molecule has 0 aliphatic heterocycles. The Morgan fingerprint density at radius 1 is 0.385 bits per heavy atom. The molecular weight excluding hydrogens is 1300 g/mol. The average molecular weight is 1380 g/mol. The fraction of sp³-hybridized carbons (Fsp3) is 0.317. The summed E-state index contributed by atoms with van der Waals surface area (Å²) >= 11 is 0. The minimum absolute atomic E-state index is 0. The van der Waals surface area contributed by atoms with Crippen LogP contribution in [-0.2, 0) is 31.9 Å². The molecule has 91 heavy (non-hydrogen) atoms. The summed E-state index contributed by atoms with van der Waals surface area (Å²) in [5, 5.41) is 27.4. The van der Waals surface area contributed by atoms with Crippen LogP contribution in [0.5, 0.6) is 11.5 Å². The molecule has 2 N–H and O–H groups in total. The number of para-hydroxylation sites is 2.